The molecule has 0 aromatic heterocycles. The number of benzene rings is 1. The summed E-state index contributed by atoms with van der Waals surface area (Å²) in [6, 6.07) is 8.40. The molecule has 0 saturated carbocycles. The third-order valence-corrected chi connectivity index (χ3v) is 7.18. The molecule has 0 radical (unpaired) electrons. The Kier molecular flexibility index (Phi) is 7.24. The van der Waals surface area contributed by atoms with E-state index in [0.717, 1.165) is 12.0 Å². The zero-order valence-corrected chi connectivity index (χ0v) is 17.2. The minimum absolute atomic E-state index is 0.0224. The first-order valence-corrected chi connectivity index (χ1v) is 11.3. The fraction of sp³-hybridized carbons (Fsp3) is 0.650. The van der Waals surface area contributed by atoms with Crippen LogP contribution < -0.4 is 5.32 Å². The fourth-order valence-corrected chi connectivity index (χ4v) is 4.58. The van der Waals surface area contributed by atoms with Crippen LogP contribution in [0.25, 0.3) is 0 Å². The molecule has 1 heterocycles. The number of carbonyl (C=O) groups excluding carboxylic acids is 1. The number of hydrogen-bond acceptors (Lipinski definition) is 3. The van der Waals surface area contributed by atoms with Crippen molar-refractivity contribution in [3.05, 3.63) is 35.4 Å². The predicted molar refractivity (Wildman–Crippen MR) is 105 cm³/mol. The van der Waals surface area contributed by atoms with Crippen molar-refractivity contribution in [1.82, 2.24) is 9.62 Å². The highest BCUT2D eigenvalue weighted by atomic mass is 32.2. The quantitative estimate of drug-likeness (QED) is 0.790. The maximum atomic E-state index is 12.8. The molecule has 1 fully saturated rings. The number of sulfonamides is 1. The van der Waals surface area contributed by atoms with Crippen LogP contribution >= 0.6 is 0 Å². The Balaban J connectivity index is 2.00. The average molecular weight is 381 g/mol. The standard InChI is InChI=1S/C20H32N2O3S/c1-5-16-7-9-17(10-8-16)19(15(3)4)21-20(23)18-11-13-22(14-12-18)26(24,25)6-2/h7-10,15,18-19H,5-6,11-14H2,1-4H3,(H,21,23). The molecule has 1 aliphatic heterocycles. The van der Waals surface area contributed by atoms with Gasteiger partial charge < -0.3 is 5.32 Å². The van der Waals surface area contributed by atoms with Gasteiger partial charge in [0.2, 0.25) is 15.9 Å². The Morgan fingerprint density at radius 3 is 2.19 bits per heavy atom. The van der Waals surface area contributed by atoms with Crippen molar-refractivity contribution in [2.24, 2.45) is 11.8 Å². The molecule has 6 heteroatoms. The van der Waals surface area contributed by atoms with Gasteiger partial charge in [0.1, 0.15) is 0 Å². The van der Waals surface area contributed by atoms with Crippen LogP contribution in [0.15, 0.2) is 24.3 Å². The first-order chi connectivity index (χ1) is 12.3. The van der Waals surface area contributed by atoms with Crippen LogP contribution in [0.1, 0.15) is 57.7 Å². The summed E-state index contributed by atoms with van der Waals surface area (Å²) in [5.74, 6) is 0.325. The van der Waals surface area contributed by atoms with E-state index in [1.807, 2.05) is 0 Å². The van der Waals surface area contributed by atoms with Gasteiger partial charge >= 0.3 is 0 Å². The number of nitrogens with one attached hydrogen (secondary N) is 1. The van der Waals surface area contributed by atoms with Crippen LogP contribution in [-0.2, 0) is 21.2 Å². The monoisotopic (exact) mass is 380 g/mol. The first-order valence-electron chi connectivity index (χ1n) is 9.65. The van der Waals surface area contributed by atoms with Gasteiger partial charge in [-0.1, -0.05) is 45.0 Å². The number of rotatable bonds is 7. The first kappa shape index (κ1) is 20.9. The lowest BCUT2D eigenvalue weighted by atomic mass is 9.92. The summed E-state index contributed by atoms with van der Waals surface area (Å²) >= 11 is 0. The topological polar surface area (TPSA) is 66.5 Å². The lowest BCUT2D eigenvalue weighted by molar-refractivity contribution is -0.127. The van der Waals surface area contributed by atoms with Gasteiger partial charge in [0.15, 0.2) is 0 Å². The summed E-state index contributed by atoms with van der Waals surface area (Å²) < 4.78 is 25.4. The Labute approximate surface area is 158 Å². The van der Waals surface area contributed by atoms with Crippen molar-refractivity contribution >= 4 is 15.9 Å². The zero-order chi connectivity index (χ0) is 19.3. The Bertz CT molecular complexity index is 690. The third kappa shape index (κ3) is 5.07. The predicted octanol–water partition coefficient (Wildman–Crippen LogP) is 3.12. The van der Waals surface area contributed by atoms with E-state index in [-0.39, 0.29) is 29.5 Å². The van der Waals surface area contributed by atoms with Crippen molar-refractivity contribution in [3.63, 3.8) is 0 Å². The van der Waals surface area contributed by atoms with E-state index in [2.05, 4.69) is 50.4 Å². The van der Waals surface area contributed by atoms with E-state index in [1.165, 1.54) is 9.87 Å². The van der Waals surface area contributed by atoms with Gasteiger partial charge in [-0.05, 0) is 43.2 Å². The van der Waals surface area contributed by atoms with E-state index in [0.29, 0.717) is 25.9 Å². The number of hydrogen-bond donors (Lipinski definition) is 1. The summed E-state index contributed by atoms with van der Waals surface area (Å²) in [6.45, 7) is 8.87. The van der Waals surface area contributed by atoms with Gasteiger partial charge in [-0.2, -0.15) is 0 Å². The molecule has 1 unspecified atom stereocenters. The van der Waals surface area contributed by atoms with Crippen molar-refractivity contribution in [1.29, 1.82) is 0 Å². The van der Waals surface area contributed by atoms with E-state index in [4.69, 9.17) is 0 Å². The molecule has 146 valence electrons. The molecule has 1 saturated heterocycles. The molecular formula is C20H32N2O3S. The lowest BCUT2D eigenvalue weighted by Crippen LogP contribution is -2.44. The number of carbonyl (C=O) groups is 1. The van der Waals surface area contributed by atoms with Crippen LogP contribution in [0.4, 0.5) is 0 Å². The maximum absolute atomic E-state index is 12.8. The van der Waals surface area contributed by atoms with Gasteiger partial charge in [0.05, 0.1) is 11.8 Å². The summed E-state index contributed by atoms with van der Waals surface area (Å²) in [7, 11) is -3.15. The van der Waals surface area contributed by atoms with Crippen LogP contribution in [0.5, 0.6) is 0 Å². The Morgan fingerprint density at radius 2 is 1.73 bits per heavy atom. The van der Waals surface area contributed by atoms with Crippen LogP contribution in [0.3, 0.4) is 0 Å². The molecule has 1 atom stereocenters. The smallest absolute Gasteiger partial charge is 0.223 e. The van der Waals surface area contributed by atoms with Crippen molar-refractivity contribution in [2.45, 2.75) is 53.0 Å². The highest BCUT2D eigenvalue weighted by molar-refractivity contribution is 7.89. The minimum Gasteiger partial charge on any atom is -0.349 e. The summed E-state index contributed by atoms with van der Waals surface area (Å²) in [5, 5.41) is 3.20. The van der Waals surface area contributed by atoms with Crippen LogP contribution in [-0.4, -0.2) is 37.5 Å². The lowest BCUT2D eigenvalue weighted by Gasteiger charge is -2.32. The van der Waals surface area contributed by atoms with Gasteiger partial charge in [-0.3, -0.25) is 4.79 Å². The van der Waals surface area contributed by atoms with E-state index in [1.54, 1.807) is 6.92 Å². The van der Waals surface area contributed by atoms with Gasteiger partial charge in [0.25, 0.3) is 0 Å². The van der Waals surface area contributed by atoms with Crippen molar-refractivity contribution in [2.75, 3.05) is 18.8 Å². The number of piperidine rings is 1. The highest BCUT2D eigenvalue weighted by Crippen LogP contribution is 2.25. The molecule has 1 aliphatic rings. The highest BCUT2D eigenvalue weighted by Gasteiger charge is 2.31. The number of aryl methyl sites for hydroxylation is 1. The molecule has 0 bridgehead atoms. The van der Waals surface area contributed by atoms with Crippen LogP contribution in [0, 0.1) is 11.8 Å². The minimum atomic E-state index is -3.15. The largest absolute Gasteiger partial charge is 0.349 e. The molecule has 1 N–H and O–H groups in total. The second-order valence-electron chi connectivity index (χ2n) is 7.40. The van der Waals surface area contributed by atoms with Gasteiger partial charge in [-0.25, -0.2) is 12.7 Å². The average Bonchev–Trinajstić information content (AvgIpc) is 2.66. The molecule has 1 aromatic carbocycles. The molecule has 1 aromatic rings. The molecular weight excluding hydrogens is 348 g/mol. The molecule has 1 amide bonds. The maximum Gasteiger partial charge on any atom is 0.223 e. The Morgan fingerprint density at radius 1 is 1.15 bits per heavy atom. The Hall–Kier alpha value is -1.40. The van der Waals surface area contributed by atoms with Crippen molar-refractivity contribution in [3.8, 4) is 0 Å². The third-order valence-electron chi connectivity index (χ3n) is 5.29. The van der Waals surface area contributed by atoms with E-state index < -0.39 is 10.0 Å². The molecule has 0 aliphatic carbocycles. The van der Waals surface area contributed by atoms with Crippen LogP contribution in [0.2, 0.25) is 0 Å². The van der Waals surface area contributed by atoms with E-state index in [9.17, 15) is 13.2 Å². The van der Waals surface area contributed by atoms with Crippen molar-refractivity contribution < 1.29 is 13.2 Å². The summed E-state index contributed by atoms with van der Waals surface area (Å²) in [4.78, 5) is 12.8. The van der Waals surface area contributed by atoms with Gasteiger partial charge in [-0.15, -0.1) is 0 Å². The fourth-order valence-electron chi connectivity index (χ4n) is 3.45. The number of nitrogens with zero attached hydrogens (tertiary/aromatic N) is 1. The normalized spacial score (nSPS) is 18.0. The second-order valence-corrected chi connectivity index (χ2v) is 9.66. The molecule has 0 spiro atoms. The molecule has 2 rings (SSSR count). The van der Waals surface area contributed by atoms with Gasteiger partial charge in [0, 0.05) is 19.0 Å². The number of amides is 1. The summed E-state index contributed by atoms with van der Waals surface area (Å²) in [6.07, 6.45) is 2.17. The zero-order valence-electron chi connectivity index (χ0n) is 16.4. The summed E-state index contributed by atoms with van der Waals surface area (Å²) in [5.41, 5.74) is 2.41. The molecule has 5 nitrogen and oxygen atoms in total. The second kappa shape index (κ2) is 9.00. The van der Waals surface area contributed by atoms with E-state index >= 15 is 0 Å². The molecule has 26 heavy (non-hydrogen) atoms. The SMILES string of the molecule is CCc1ccc(C(NC(=O)C2CCN(S(=O)(=O)CC)CC2)C(C)C)cc1.